The van der Waals surface area contributed by atoms with Gasteiger partial charge >= 0.3 is 186 Å². The third kappa shape index (κ3) is 5.50. The Morgan fingerprint density at radius 1 is 0.862 bits per heavy atom. The van der Waals surface area contributed by atoms with E-state index < -0.39 is 16.3 Å². The molecule has 0 unspecified atom stereocenters. The minimum absolute atomic E-state index is 0.385. The summed E-state index contributed by atoms with van der Waals surface area (Å²) in [7, 11) is -3.31. The molecule has 0 aliphatic heterocycles. The normalized spacial score (nSPS) is 15.5. The maximum absolute atomic E-state index is 4.84. The Hall–Kier alpha value is -1.63. The van der Waals surface area contributed by atoms with Crippen molar-refractivity contribution in [2.24, 2.45) is 0 Å². The van der Waals surface area contributed by atoms with Gasteiger partial charge in [-0.1, -0.05) is 0 Å². The zero-order valence-electron chi connectivity index (χ0n) is 18.5. The van der Waals surface area contributed by atoms with E-state index in [2.05, 4.69) is 110 Å². The Morgan fingerprint density at radius 2 is 1.48 bits per heavy atom. The predicted octanol–water partition coefficient (Wildman–Crippen LogP) is 6.50. The summed E-state index contributed by atoms with van der Waals surface area (Å²) in [6.45, 7) is 14.8. The molecular weight excluding hydrogens is 445 g/mol. The number of hydrogen-bond donors (Lipinski definition) is 0. The van der Waals surface area contributed by atoms with Crippen molar-refractivity contribution in [1.82, 2.24) is 8.51 Å². The number of rotatable bonds is 7. The molecule has 0 saturated carbocycles. The van der Waals surface area contributed by atoms with E-state index in [9.17, 15) is 0 Å². The Balaban J connectivity index is 2.30. The second kappa shape index (κ2) is 9.02. The van der Waals surface area contributed by atoms with Gasteiger partial charge in [0.15, 0.2) is 0 Å². The third-order valence-electron chi connectivity index (χ3n) is 4.88. The molecule has 1 heterocycles. The fourth-order valence-corrected chi connectivity index (χ4v) is 12.6. The summed E-state index contributed by atoms with van der Waals surface area (Å²) >= 11 is -0.385. The van der Waals surface area contributed by atoms with Crippen molar-refractivity contribution in [2.45, 2.75) is 44.0 Å². The van der Waals surface area contributed by atoms with Crippen LogP contribution in [0.1, 0.15) is 11.3 Å². The molecule has 0 bridgehead atoms. The van der Waals surface area contributed by atoms with Crippen LogP contribution in [0.25, 0.3) is 10.9 Å². The Bertz CT molecular complexity index is 895. The molecule has 1 aromatic carbocycles. The molecule has 1 aliphatic carbocycles. The summed E-state index contributed by atoms with van der Waals surface area (Å²) in [6, 6.07) is 17.4. The van der Waals surface area contributed by atoms with Gasteiger partial charge in [-0.15, -0.1) is 0 Å². The van der Waals surface area contributed by atoms with Gasteiger partial charge in [-0.2, -0.15) is 0 Å². The molecule has 0 N–H and O–H groups in total. The predicted molar refractivity (Wildman–Crippen MR) is 134 cm³/mol. The molecule has 0 spiro atoms. The number of pyridine rings is 1. The summed E-state index contributed by atoms with van der Waals surface area (Å²) in [5.41, 5.74) is 3.95. The number of hydrogen-bond acceptors (Lipinski definition) is 2. The van der Waals surface area contributed by atoms with Crippen molar-refractivity contribution in [3.63, 3.8) is 0 Å². The summed E-state index contributed by atoms with van der Waals surface area (Å²) in [6.07, 6.45) is 11.1. The zero-order valence-corrected chi connectivity index (χ0v) is 22.6. The van der Waals surface area contributed by atoms with Crippen molar-refractivity contribution < 1.29 is 0 Å². The standard InChI is InChI=1S/C24H32GeN2Si2/c1-28(2,3)24(22-18-12-13-19-26-22)23(20-14-8-7-9-15-20)27(29(4,5)6)25-21-16-10-11-17-21/h7-19,21H,1-6H3/b24-23+. The fraction of sp³-hybridized carbons (Fsp3) is 0.292. The van der Waals surface area contributed by atoms with E-state index in [-0.39, 0.29) is 15.7 Å². The van der Waals surface area contributed by atoms with Crippen LogP contribution in [0.5, 0.6) is 0 Å². The summed E-state index contributed by atoms with van der Waals surface area (Å²) < 4.78 is 3.46. The minimum atomic E-state index is -1.69. The van der Waals surface area contributed by atoms with Gasteiger partial charge in [-0.3, -0.25) is 0 Å². The third-order valence-corrected chi connectivity index (χ3v) is 15.8. The van der Waals surface area contributed by atoms with Crippen molar-refractivity contribution in [1.29, 1.82) is 0 Å². The van der Waals surface area contributed by atoms with Crippen molar-refractivity contribution >= 4 is 42.9 Å². The average Bonchev–Trinajstić information content (AvgIpc) is 3.17. The van der Waals surface area contributed by atoms with Crippen LogP contribution in [0.3, 0.4) is 0 Å². The van der Waals surface area contributed by atoms with Crippen molar-refractivity contribution in [3.05, 3.63) is 90.3 Å². The molecule has 150 valence electrons. The van der Waals surface area contributed by atoms with Crippen molar-refractivity contribution in [3.8, 4) is 0 Å². The van der Waals surface area contributed by atoms with Crippen LogP contribution in [0.4, 0.5) is 0 Å². The Kier molecular flexibility index (Phi) is 6.86. The molecule has 29 heavy (non-hydrogen) atoms. The van der Waals surface area contributed by atoms with Crippen molar-refractivity contribution in [2.75, 3.05) is 0 Å². The number of nitrogens with zero attached hydrogens (tertiary/aromatic N) is 2. The Morgan fingerprint density at radius 3 is 2.00 bits per heavy atom. The van der Waals surface area contributed by atoms with Gasteiger partial charge in [0.2, 0.25) is 0 Å². The quantitative estimate of drug-likeness (QED) is 0.424. The molecule has 2 nitrogen and oxygen atoms in total. The molecule has 1 aliphatic rings. The van der Waals surface area contributed by atoms with Crippen LogP contribution in [-0.2, 0) is 0 Å². The zero-order chi connectivity index (χ0) is 21.1. The van der Waals surface area contributed by atoms with Crippen LogP contribution in [0.15, 0.2) is 79.0 Å². The van der Waals surface area contributed by atoms with Gasteiger partial charge in [0.25, 0.3) is 0 Å². The summed E-state index contributed by atoms with van der Waals surface area (Å²) in [4.78, 5) is 4.84. The first-order chi connectivity index (χ1) is 13.7. The van der Waals surface area contributed by atoms with Crippen LogP contribution in [0.2, 0.25) is 44.0 Å². The molecule has 2 aromatic rings. The molecule has 0 amide bonds. The van der Waals surface area contributed by atoms with Gasteiger partial charge in [0.05, 0.1) is 0 Å². The molecular formula is C24H32GeN2Si2. The second-order valence-corrected chi connectivity index (χ2v) is 23.1. The van der Waals surface area contributed by atoms with Crippen LogP contribution >= 0.6 is 0 Å². The molecule has 5 heteroatoms. The first-order valence-electron chi connectivity index (χ1n) is 10.3. The van der Waals surface area contributed by atoms with E-state index in [4.69, 9.17) is 4.98 Å². The second-order valence-electron chi connectivity index (χ2n) is 9.49. The van der Waals surface area contributed by atoms with E-state index in [1.165, 1.54) is 16.5 Å². The topological polar surface area (TPSA) is 16.1 Å². The molecule has 2 radical (unpaired) electrons. The first kappa shape index (κ1) is 22.1. The molecule has 0 atom stereocenters. The first-order valence-corrected chi connectivity index (χ1v) is 19.4. The van der Waals surface area contributed by atoms with Crippen LogP contribution in [-0.4, -0.2) is 40.5 Å². The van der Waals surface area contributed by atoms with Gasteiger partial charge in [-0.05, 0) is 0 Å². The van der Waals surface area contributed by atoms with Gasteiger partial charge in [0.1, 0.15) is 0 Å². The number of benzene rings is 1. The van der Waals surface area contributed by atoms with E-state index in [0.717, 1.165) is 5.69 Å². The van der Waals surface area contributed by atoms with Gasteiger partial charge < -0.3 is 0 Å². The van der Waals surface area contributed by atoms with E-state index in [0.29, 0.717) is 4.75 Å². The SMILES string of the molecule is C[Si](C)(C)/C(=C(\c1ccccc1)[N]([Ge][CH]1C=CC=C1)[Si](C)(C)C)c1ccccn1. The van der Waals surface area contributed by atoms with Crippen LogP contribution < -0.4 is 0 Å². The Labute approximate surface area is 185 Å². The fourth-order valence-electron chi connectivity index (χ4n) is 3.61. The van der Waals surface area contributed by atoms with E-state index >= 15 is 0 Å². The average molecular weight is 477 g/mol. The maximum atomic E-state index is 4.84. The van der Waals surface area contributed by atoms with Gasteiger partial charge in [0, 0.05) is 0 Å². The van der Waals surface area contributed by atoms with Gasteiger partial charge in [-0.25, -0.2) is 0 Å². The van der Waals surface area contributed by atoms with E-state index in [1.807, 2.05) is 12.3 Å². The van der Waals surface area contributed by atoms with E-state index in [1.54, 1.807) is 0 Å². The molecule has 1 aromatic heterocycles. The monoisotopic (exact) mass is 478 g/mol. The molecule has 0 fully saturated rings. The summed E-state index contributed by atoms with van der Waals surface area (Å²) in [5.74, 6) is 0. The molecule has 3 rings (SSSR count). The summed E-state index contributed by atoms with van der Waals surface area (Å²) in [5, 5.41) is 1.49. The number of allylic oxidation sites excluding steroid dienone is 4. The molecule has 0 saturated heterocycles. The number of aromatic nitrogens is 1. The van der Waals surface area contributed by atoms with Crippen LogP contribution in [0, 0.1) is 0 Å².